The SMILES string of the molecule is CCC(C#N)C(=O)N1CCCC2CCCCC21. The summed E-state index contributed by atoms with van der Waals surface area (Å²) in [7, 11) is 0. The summed E-state index contributed by atoms with van der Waals surface area (Å²) in [4.78, 5) is 14.4. The molecule has 1 aliphatic carbocycles. The van der Waals surface area contributed by atoms with Crippen molar-refractivity contribution >= 4 is 5.91 Å². The molecule has 0 bridgehead atoms. The van der Waals surface area contributed by atoms with Crippen molar-refractivity contribution in [2.45, 2.75) is 57.9 Å². The molecule has 1 amide bonds. The molecule has 0 N–H and O–H groups in total. The van der Waals surface area contributed by atoms with Crippen molar-refractivity contribution in [3.8, 4) is 6.07 Å². The van der Waals surface area contributed by atoms with E-state index >= 15 is 0 Å². The van der Waals surface area contributed by atoms with Gasteiger partial charge in [-0.1, -0.05) is 19.8 Å². The van der Waals surface area contributed by atoms with Gasteiger partial charge in [0.2, 0.25) is 5.91 Å². The minimum atomic E-state index is -0.421. The van der Waals surface area contributed by atoms with Gasteiger partial charge >= 0.3 is 0 Å². The molecule has 1 saturated carbocycles. The number of carbonyl (C=O) groups is 1. The van der Waals surface area contributed by atoms with Crippen molar-refractivity contribution in [1.82, 2.24) is 4.90 Å². The zero-order valence-electron chi connectivity index (χ0n) is 10.7. The molecule has 2 aliphatic rings. The van der Waals surface area contributed by atoms with Gasteiger partial charge in [0.05, 0.1) is 6.07 Å². The molecule has 1 aliphatic heterocycles. The van der Waals surface area contributed by atoms with Crippen LogP contribution in [0.15, 0.2) is 0 Å². The second kappa shape index (κ2) is 5.53. The van der Waals surface area contributed by atoms with Crippen LogP contribution in [0.4, 0.5) is 0 Å². The van der Waals surface area contributed by atoms with Crippen LogP contribution in [0.2, 0.25) is 0 Å². The van der Waals surface area contributed by atoms with Crippen LogP contribution in [-0.2, 0) is 4.79 Å². The molecule has 1 saturated heterocycles. The molecule has 3 nitrogen and oxygen atoms in total. The molecule has 0 aromatic carbocycles. The molecule has 17 heavy (non-hydrogen) atoms. The van der Waals surface area contributed by atoms with E-state index in [0.29, 0.717) is 18.4 Å². The van der Waals surface area contributed by atoms with Gasteiger partial charge in [-0.15, -0.1) is 0 Å². The lowest BCUT2D eigenvalue weighted by Crippen LogP contribution is -2.51. The summed E-state index contributed by atoms with van der Waals surface area (Å²) in [6.07, 6.45) is 8.03. The highest BCUT2D eigenvalue weighted by Crippen LogP contribution is 2.35. The van der Waals surface area contributed by atoms with E-state index in [0.717, 1.165) is 19.4 Å². The Morgan fingerprint density at radius 2 is 2.06 bits per heavy atom. The van der Waals surface area contributed by atoms with Crippen molar-refractivity contribution < 1.29 is 4.79 Å². The van der Waals surface area contributed by atoms with E-state index in [-0.39, 0.29) is 5.91 Å². The van der Waals surface area contributed by atoms with Gasteiger partial charge < -0.3 is 4.90 Å². The fraction of sp³-hybridized carbons (Fsp3) is 0.857. The number of rotatable bonds is 2. The predicted molar refractivity (Wildman–Crippen MR) is 66.1 cm³/mol. The standard InChI is InChI=1S/C14H22N2O/c1-2-11(10-15)14(17)16-9-5-7-12-6-3-4-8-13(12)16/h11-13H,2-9H2,1H3. The van der Waals surface area contributed by atoms with Crippen molar-refractivity contribution in [3.05, 3.63) is 0 Å². The molecule has 0 radical (unpaired) electrons. The second-order valence-electron chi connectivity index (χ2n) is 5.38. The Bertz CT molecular complexity index is 319. The highest BCUT2D eigenvalue weighted by molar-refractivity contribution is 5.81. The smallest absolute Gasteiger partial charge is 0.240 e. The average Bonchev–Trinajstić information content (AvgIpc) is 2.39. The molecular weight excluding hydrogens is 212 g/mol. The van der Waals surface area contributed by atoms with Crippen LogP contribution >= 0.6 is 0 Å². The maximum atomic E-state index is 12.3. The van der Waals surface area contributed by atoms with E-state index in [4.69, 9.17) is 5.26 Å². The first kappa shape index (κ1) is 12.4. The van der Waals surface area contributed by atoms with E-state index in [1.807, 2.05) is 11.8 Å². The topological polar surface area (TPSA) is 44.1 Å². The second-order valence-corrected chi connectivity index (χ2v) is 5.38. The van der Waals surface area contributed by atoms with E-state index in [1.165, 1.54) is 25.7 Å². The zero-order valence-corrected chi connectivity index (χ0v) is 10.7. The van der Waals surface area contributed by atoms with Crippen LogP contribution in [0, 0.1) is 23.2 Å². The van der Waals surface area contributed by atoms with Gasteiger partial charge in [0.15, 0.2) is 0 Å². The Morgan fingerprint density at radius 1 is 1.35 bits per heavy atom. The van der Waals surface area contributed by atoms with Gasteiger partial charge in [-0.05, 0) is 38.0 Å². The van der Waals surface area contributed by atoms with Crippen molar-refractivity contribution in [1.29, 1.82) is 5.26 Å². The van der Waals surface area contributed by atoms with Crippen LogP contribution in [-0.4, -0.2) is 23.4 Å². The summed E-state index contributed by atoms with van der Waals surface area (Å²) in [5, 5.41) is 9.03. The summed E-state index contributed by atoms with van der Waals surface area (Å²) in [6.45, 7) is 2.80. The van der Waals surface area contributed by atoms with Crippen molar-refractivity contribution in [3.63, 3.8) is 0 Å². The first-order chi connectivity index (χ1) is 8.27. The number of nitriles is 1. The maximum absolute atomic E-state index is 12.3. The Balaban J connectivity index is 2.08. The van der Waals surface area contributed by atoms with E-state index in [2.05, 4.69) is 6.07 Å². The predicted octanol–water partition coefficient (Wildman–Crippen LogP) is 2.72. The minimum Gasteiger partial charge on any atom is -0.338 e. The molecular formula is C14H22N2O. The number of nitrogens with zero attached hydrogens (tertiary/aromatic N) is 2. The average molecular weight is 234 g/mol. The summed E-state index contributed by atoms with van der Waals surface area (Å²) < 4.78 is 0. The Labute approximate surface area is 104 Å². The fourth-order valence-corrected chi connectivity index (χ4v) is 3.42. The van der Waals surface area contributed by atoms with Gasteiger partial charge in [0.25, 0.3) is 0 Å². The van der Waals surface area contributed by atoms with Crippen LogP contribution in [0.3, 0.4) is 0 Å². The van der Waals surface area contributed by atoms with E-state index in [1.54, 1.807) is 0 Å². The van der Waals surface area contributed by atoms with Gasteiger partial charge in [-0.2, -0.15) is 5.26 Å². The largest absolute Gasteiger partial charge is 0.338 e. The van der Waals surface area contributed by atoms with E-state index < -0.39 is 5.92 Å². The van der Waals surface area contributed by atoms with E-state index in [9.17, 15) is 4.79 Å². The summed E-state index contributed by atoms with van der Waals surface area (Å²) >= 11 is 0. The summed E-state index contributed by atoms with van der Waals surface area (Å²) in [5.74, 6) is 0.375. The molecule has 2 rings (SSSR count). The Morgan fingerprint density at radius 3 is 2.76 bits per heavy atom. The normalized spacial score (nSPS) is 30.2. The molecule has 0 aromatic heterocycles. The highest BCUT2D eigenvalue weighted by Gasteiger charge is 2.37. The maximum Gasteiger partial charge on any atom is 0.240 e. The molecule has 3 atom stereocenters. The van der Waals surface area contributed by atoms with Gasteiger partial charge in [-0.3, -0.25) is 4.79 Å². The zero-order chi connectivity index (χ0) is 12.3. The quantitative estimate of drug-likeness (QED) is 0.737. The Kier molecular flexibility index (Phi) is 4.04. The molecule has 1 heterocycles. The number of fused-ring (bicyclic) bond motifs is 1. The molecule has 0 spiro atoms. The third-order valence-corrected chi connectivity index (χ3v) is 4.39. The number of carbonyl (C=O) groups excluding carboxylic acids is 1. The monoisotopic (exact) mass is 234 g/mol. The molecule has 3 unspecified atom stereocenters. The van der Waals surface area contributed by atoms with Crippen LogP contribution in [0.25, 0.3) is 0 Å². The van der Waals surface area contributed by atoms with Gasteiger partial charge in [-0.25, -0.2) is 0 Å². The lowest BCUT2D eigenvalue weighted by molar-refractivity contribution is -0.140. The summed E-state index contributed by atoms with van der Waals surface area (Å²) in [6, 6.07) is 2.59. The first-order valence-electron chi connectivity index (χ1n) is 6.98. The third kappa shape index (κ3) is 2.46. The number of amides is 1. The summed E-state index contributed by atoms with van der Waals surface area (Å²) in [5.41, 5.74) is 0. The Hall–Kier alpha value is -1.04. The highest BCUT2D eigenvalue weighted by atomic mass is 16.2. The molecule has 0 aromatic rings. The van der Waals surface area contributed by atoms with Crippen molar-refractivity contribution in [2.24, 2.45) is 11.8 Å². The van der Waals surface area contributed by atoms with Crippen LogP contribution < -0.4 is 0 Å². The minimum absolute atomic E-state index is 0.0894. The van der Waals surface area contributed by atoms with Gasteiger partial charge in [0.1, 0.15) is 5.92 Å². The lowest BCUT2D eigenvalue weighted by atomic mass is 9.78. The third-order valence-electron chi connectivity index (χ3n) is 4.39. The lowest BCUT2D eigenvalue weighted by Gasteiger charge is -2.44. The van der Waals surface area contributed by atoms with Crippen LogP contribution in [0.5, 0.6) is 0 Å². The molecule has 2 fully saturated rings. The van der Waals surface area contributed by atoms with Gasteiger partial charge in [0, 0.05) is 12.6 Å². The first-order valence-corrected chi connectivity index (χ1v) is 6.98. The van der Waals surface area contributed by atoms with Crippen LogP contribution in [0.1, 0.15) is 51.9 Å². The number of hydrogen-bond acceptors (Lipinski definition) is 2. The number of likely N-dealkylation sites (tertiary alicyclic amines) is 1. The number of hydrogen-bond donors (Lipinski definition) is 0. The molecule has 3 heteroatoms. The fourth-order valence-electron chi connectivity index (χ4n) is 3.42. The number of piperidine rings is 1. The molecule has 94 valence electrons. The van der Waals surface area contributed by atoms with Crippen molar-refractivity contribution in [2.75, 3.05) is 6.54 Å².